The molecule has 0 fully saturated rings. The molecule has 0 saturated carbocycles. The zero-order valence-electron chi connectivity index (χ0n) is 11.1. The molecule has 7 heteroatoms. The molecule has 0 radical (unpaired) electrons. The van der Waals surface area contributed by atoms with Crippen molar-refractivity contribution in [1.29, 1.82) is 0 Å². The number of nitrogens with two attached hydrogens (primary N) is 1. The number of carbonyl (C=O) groups is 1. The van der Waals surface area contributed by atoms with E-state index >= 15 is 0 Å². The summed E-state index contributed by atoms with van der Waals surface area (Å²) in [6.45, 7) is 0.387. The van der Waals surface area contributed by atoms with Crippen LogP contribution in [0.2, 0.25) is 0 Å². The minimum absolute atomic E-state index is 0.142. The smallest absolute Gasteiger partial charge is 0.287 e. The number of hydrazine groups is 1. The van der Waals surface area contributed by atoms with Crippen LogP contribution in [0.1, 0.15) is 16.2 Å². The van der Waals surface area contributed by atoms with E-state index in [1.54, 1.807) is 10.9 Å². The van der Waals surface area contributed by atoms with Crippen LogP contribution in [0.4, 0.5) is 0 Å². The van der Waals surface area contributed by atoms with Gasteiger partial charge in [0, 0.05) is 17.8 Å². The number of amides is 1. The van der Waals surface area contributed by atoms with Crippen molar-refractivity contribution in [2.45, 2.75) is 6.54 Å². The molecule has 0 bridgehead atoms. The van der Waals surface area contributed by atoms with Gasteiger partial charge >= 0.3 is 0 Å². The van der Waals surface area contributed by atoms with Crippen LogP contribution in [0.25, 0.3) is 11.1 Å². The first-order valence-corrected chi connectivity index (χ1v) is 6.30. The Morgan fingerprint density at radius 3 is 2.86 bits per heavy atom. The quantitative estimate of drug-likeness (QED) is 0.425. The molecule has 106 valence electrons. The second-order valence-electron chi connectivity index (χ2n) is 4.44. The molecule has 0 aliphatic rings. The van der Waals surface area contributed by atoms with Crippen molar-refractivity contribution in [3.63, 3.8) is 0 Å². The molecule has 0 aliphatic carbocycles. The van der Waals surface area contributed by atoms with Crippen molar-refractivity contribution in [2.24, 2.45) is 5.84 Å². The average Bonchev–Trinajstić information content (AvgIpc) is 3.17. The number of nitrogen functional groups attached to an aromatic ring is 1. The lowest BCUT2D eigenvalue weighted by molar-refractivity contribution is 0.0944. The van der Waals surface area contributed by atoms with Gasteiger partial charge < -0.3 is 4.52 Å². The Bertz CT molecular complexity index is 748. The molecule has 0 unspecified atom stereocenters. The Hall–Kier alpha value is -2.93. The molecule has 3 N–H and O–H groups in total. The molecule has 7 nitrogen and oxygen atoms in total. The standard InChI is InChI=1S/C14H13N5O2/c15-17-14(20)13-6-12(21-18-13)9-19-8-11(7-16-19)10-4-2-1-3-5-10/h1-8H,9,15H2,(H,17,20). The van der Waals surface area contributed by atoms with Gasteiger partial charge in [-0.3, -0.25) is 14.9 Å². The van der Waals surface area contributed by atoms with E-state index in [2.05, 4.69) is 10.3 Å². The second-order valence-corrected chi connectivity index (χ2v) is 4.44. The predicted molar refractivity (Wildman–Crippen MR) is 74.9 cm³/mol. The summed E-state index contributed by atoms with van der Waals surface area (Å²) in [5.74, 6) is 5.07. The van der Waals surface area contributed by atoms with E-state index in [-0.39, 0.29) is 5.69 Å². The molecule has 21 heavy (non-hydrogen) atoms. The maximum atomic E-state index is 11.3. The fraction of sp³-hybridized carbons (Fsp3) is 0.0714. The Morgan fingerprint density at radius 2 is 2.10 bits per heavy atom. The maximum Gasteiger partial charge on any atom is 0.287 e. The van der Waals surface area contributed by atoms with Crippen LogP contribution in [0.15, 0.2) is 53.3 Å². The number of rotatable bonds is 4. The maximum absolute atomic E-state index is 11.3. The third-order valence-corrected chi connectivity index (χ3v) is 2.98. The van der Waals surface area contributed by atoms with E-state index in [1.165, 1.54) is 6.07 Å². The van der Waals surface area contributed by atoms with Gasteiger partial charge in [-0.1, -0.05) is 35.5 Å². The summed E-state index contributed by atoms with van der Waals surface area (Å²) < 4.78 is 6.79. The van der Waals surface area contributed by atoms with Crippen LogP contribution in [-0.4, -0.2) is 20.8 Å². The largest absolute Gasteiger partial charge is 0.359 e. The van der Waals surface area contributed by atoms with Gasteiger partial charge in [0.1, 0.15) is 6.54 Å². The number of nitrogens with one attached hydrogen (secondary N) is 1. The molecule has 0 atom stereocenters. The van der Waals surface area contributed by atoms with Crippen molar-refractivity contribution in [3.8, 4) is 11.1 Å². The summed E-state index contributed by atoms with van der Waals surface area (Å²) in [5, 5.41) is 7.91. The zero-order valence-corrected chi connectivity index (χ0v) is 11.1. The second kappa shape index (κ2) is 5.59. The van der Waals surface area contributed by atoms with Crippen LogP contribution < -0.4 is 11.3 Å². The van der Waals surface area contributed by atoms with Gasteiger partial charge in [0.2, 0.25) is 0 Å². The molecular formula is C14H13N5O2. The molecular weight excluding hydrogens is 270 g/mol. The SMILES string of the molecule is NNC(=O)c1cc(Cn2cc(-c3ccccc3)cn2)on1. The Balaban J connectivity index is 1.76. The molecule has 0 aliphatic heterocycles. The Labute approximate surface area is 120 Å². The van der Waals surface area contributed by atoms with Gasteiger partial charge in [-0.15, -0.1) is 0 Å². The van der Waals surface area contributed by atoms with Gasteiger partial charge in [0.15, 0.2) is 11.5 Å². The predicted octanol–water partition coefficient (Wildman–Crippen LogP) is 1.19. The van der Waals surface area contributed by atoms with E-state index < -0.39 is 5.91 Å². The summed E-state index contributed by atoms with van der Waals surface area (Å²) in [6.07, 6.45) is 3.68. The molecule has 2 heterocycles. The number of hydrogen-bond donors (Lipinski definition) is 2. The summed E-state index contributed by atoms with van der Waals surface area (Å²) in [7, 11) is 0. The van der Waals surface area contributed by atoms with E-state index in [1.807, 2.05) is 42.0 Å². The van der Waals surface area contributed by atoms with E-state index in [4.69, 9.17) is 10.4 Å². The number of hydrogen-bond acceptors (Lipinski definition) is 5. The lowest BCUT2D eigenvalue weighted by Crippen LogP contribution is -2.30. The van der Waals surface area contributed by atoms with Gasteiger partial charge in [-0.2, -0.15) is 5.10 Å². The zero-order chi connectivity index (χ0) is 14.7. The van der Waals surface area contributed by atoms with E-state index in [9.17, 15) is 4.79 Å². The van der Waals surface area contributed by atoms with Crippen molar-refractivity contribution in [1.82, 2.24) is 20.4 Å². The third kappa shape index (κ3) is 2.82. The van der Waals surface area contributed by atoms with Crippen molar-refractivity contribution >= 4 is 5.91 Å². The monoisotopic (exact) mass is 283 g/mol. The number of nitrogens with zero attached hydrogens (tertiary/aromatic N) is 3. The number of benzene rings is 1. The van der Waals surface area contributed by atoms with E-state index in [0.29, 0.717) is 12.3 Å². The van der Waals surface area contributed by atoms with Crippen LogP contribution in [0, 0.1) is 0 Å². The first kappa shape index (κ1) is 13.1. The molecule has 2 aromatic heterocycles. The molecule has 1 aromatic carbocycles. The first-order chi connectivity index (χ1) is 10.3. The average molecular weight is 283 g/mol. The summed E-state index contributed by atoms with van der Waals surface area (Å²) in [4.78, 5) is 11.3. The van der Waals surface area contributed by atoms with Crippen molar-refractivity contribution in [3.05, 3.63) is 60.2 Å². The van der Waals surface area contributed by atoms with Gasteiger partial charge in [0.05, 0.1) is 6.20 Å². The number of aromatic nitrogens is 3. The van der Waals surface area contributed by atoms with Crippen LogP contribution >= 0.6 is 0 Å². The van der Waals surface area contributed by atoms with Crippen molar-refractivity contribution in [2.75, 3.05) is 0 Å². The molecule has 0 spiro atoms. The third-order valence-electron chi connectivity index (χ3n) is 2.98. The number of carbonyl (C=O) groups excluding carboxylic acids is 1. The molecule has 1 amide bonds. The molecule has 3 rings (SSSR count). The van der Waals surface area contributed by atoms with Gasteiger partial charge in [-0.25, -0.2) is 5.84 Å². The van der Waals surface area contributed by atoms with Crippen LogP contribution in [0.3, 0.4) is 0 Å². The van der Waals surface area contributed by atoms with E-state index in [0.717, 1.165) is 11.1 Å². The highest BCUT2D eigenvalue weighted by Gasteiger charge is 2.12. The normalized spacial score (nSPS) is 10.5. The summed E-state index contributed by atoms with van der Waals surface area (Å²) >= 11 is 0. The Morgan fingerprint density at radius 1 is 1.29 bits per heavy atom. The minimum Gasteiger partial charge on any atom is -0.359 e. The van der Waals surface area contributed by atoms with Crippen LogP contribution in [0.5, 0.6) is 0 Å². The highest BCUT2D eigenvalue weighted by Crippen LogP contribution is 2.18. The topological polar surface area (TPSA) is 99.0 Å². The highest BCUT2D eigenvalue weighted by molar-refractivity contribution is 5.91. The van der Waals surface area contributed by atoms with Crippen molar-refractivity contribution < 1.29 is 9.32 Å². The van der Waals surface area contributed by atoms with Gasteiger partial charge in [-0.05, 0) is 5.56 Å². The van der Waals surface area contributed by atoms with Crippen LogP contribution in [-0.2, 0) is 6.54 Å². The fourth-order valence-corrected chi connectivity index (χ4v) is 1.96. The minimum atomic E-state index is -0.490. The lowest BCUT2D eigenvalue weighted by Gasteiger charge is -1.96. The van der Waals surface area contributed by atoms with Gasteiger partial charge in [0.25, 0.3) is 5.91 Å². The first-order valence-electron chi connectivity index (χ1n) is 6.30. The lowest BCUT2D eigenvalue weighted by atomic mass is 10.1. The summed E-state index contributed by atoms with van der Waals surface area (Å²) in [6, 6.07) is 11.5. The fourth-order valence-electron chi connectivity index (χ4n) is 1.96. The molecule has 3 aromatic rings. The Kier molecular flexibility index (Phi) is 3.48. The highest BCUT2D eigenvalue weighted by atomic mass is 16.5. The summed E-state index contributed by atoms with van der Waals surface area (Å²) in [5.41, 5.74) is 4.24. The molecule has 0 saturated heterocycles.